The molecule has 1 aliphatic rings. The molecule has 4 heteroatoms. The average Bonchev–Trinajstić information content (AvgIpc) is 2.46. The molecule has 106 valence electrons. The van der Waals surface area contributed by atoms with Gasteiger partial charge in [-0.3, -0.25) is 0 Å². The van der Waals surface area contributed by atoms with E-state index in [9.17, 15) is 0 Å². The van der Waals surface area contributed by atoms with Gasteiger partial charge in [0.25, 0.3) is 0 Å². The van der Waals surface area contributed by atoms with Gasteiger partial charge in [0.15, 0.2) is 0 Å². The third-order valence-corrected chi connectivity index (χ3v) is 4.31. The Hall–Kier alpha value is -0.800. The predicted octanol–water partition coefficient (Wildman–Crippen LogP) is 3.61. The van der Waals surface area contributed by atoms with E-state index in [1.807, 2.05) is 0 Å². The summed E-state index contributed by atoms with van der Waals surface area (Å²) in [4.78, 5) is 6.81. The molecule has 0 atom stereocenters. The summed E-state index contributed by atoms with van der Waals surface area (Å²) in [5.74, 6) is 1.05. The van der Waals surface area contributed by atoms with Crippen LogP contribution in [0.4, 0.5) is 5.82 Å². The van der Waals surface area contributed by atoms with E-state index in [4.69, 9.17) is 11.6 Å². The quantitative estimate of drug-likeness (QED) is 0.894. The summed E-state index contributed by atoms with van der Waals surface area (Å²) in [6.07, 6.45) is 8.40. The number of anilines is 1. The van der Waals surface area contributed by atoms with Crippen LogP contribution in [-0.2, 0) is 6.54 Å². The van der Waals surface area contributed by atoms with Crippen molar-refractivity contribution >= 4 is 17.4 Å². The highest BCUT2D eigenvalue weighted by molar-refractivity contribution is 6.31. The number of pyridine rings is 1. The number of aromatic nitrogens is 1. The van der Waals surface area contributed by atoms with Crippen molar-refractivity contribution in [3.05, 3.63) is 22.8 Å². The molecular weight excluding hydrogens is 258 g/mol. The highest BCUT2D eigenvalue weighted by Crippen LogP contribution is 2.27. The van der Waals surface area contributed by atoms with Crippen LogP contribution in [0.3, 0.4) is 0 Å². The van der Waals surface area contributed by atoms with Gasteiger partial charge >= 0.3 is 0 Å². The van der Waals surface area contributed by atoms with Crippen molar-refractivity contribution in [1.82, 2.24) is 10.3 Å². The van der Waals surface area contributed by atoms with Gasteiger partial charge in [0.05, 0.1) is 5.02 Å². The van der Waals surface area contributed by atoms with E-state index in [0.29, 0.717) is 6.04 Å². The second-order valence-electron chi connectivity index (χ2n) is 5.32. The minimum atomic E-state index is 0.634. The summed E-state index contributed by atoms with van der Waals surface area (Å²) in [6, 6.07) is 2.76. The van der Waals surface area contributed by atoms with Gasteiger partial charge in [0.1, 0.15) is 5.82 Å². The molecule has 2 rings (SSSR count). The van der Waals surface area contributed by atoms with E-state index >= 15 is 0 Å². The molecule has 3 nitrogen and oxygen atoms in total. The van der Waals surface area contributed by atoms with Gasteiger partial charge in [-0.2, -0.15) is 0 Å². The largest absolute Gasteiger partial charge is 0.357 e. The van der Waals surface area contributed by atoms with Gasteiger partial charge in [-0.05, 0) is 31.0 Å². The Bertz CT molecular complexity index is 402. The molecule has 1 aromatic rings. The standard InChI is InChI=1S/C15H24ClN3/c1-3-17-10-12-9-15(18-11-14(12)16)19(2)13-7-5-4-6-8-13/h9,11,13,17H,3-8,10H2,1-2H3. The van der Waals surface area contributed by atoms with Gasteiger partial charge < -0.3 is 10.2 Å². The first kappa shape index (κ1) is 14.6. The first-order valence-corrected chi connectivity index (χ1v) is 7.68. The van der Waals surface area contributed by atoms with Gasteiger partial charge in [-0.25, -0.2) is 4.98 Å². The zero-order valence-electron chi connectivity index (χ0n) is 12.0. The number of hydrogen-bond donors (Lipinski definition) is 1. The van der Waals surface area contributed by atoms with Crippen LogP contribution >= 0.6 is 11.6 Å². The molecule has 1 N–H and O–H groups in total. The van der Waals surface area contributed by atoms with E-state index in [-0.39, 0.29) is 0 Å². The van der Waals surface area contributed by atoms with Crippen molar-refractivity contribution in [3.8, 4) is 0 Å². The smallest absolute Gasteiger partial charge is 0.128 e. The summed E-state index contributed by atoms with van der Waals surface area (Å²) in [6.45, 7) is 3.86. The molecule has 0 aromatic carbocycles. The van der Waals surface area contributed by atoms with Crippen LogP contribution in [0.15, 0.2) is 12.3 Å². The first-order chi connectivity index (χ1) is 9.22. The molecule has 19 heavy (non-hydrogen) atoms. The molecule has 0 aliphatic heterocycles. The number of halogens is 1. The molecule has 1 saturated carbocycles. The average molecular weight is 282 g/mol. The molecular formula is C15H24ClN3. The first-order valence-electron chi connectivity index (χ1n) is 7.30. The molecule has 1 aromatic heterocycles. The lowest BCUT2D eigenvalue weighted by molar-refractivity contribution is 0.426. The third kappa shape index (κ3) is 3.83. The van der Waals surface area contributed by atoms with Crippen LogP contribution < -0.4 is 10.2 Å². The fraction of sp³-hybridized carbons (Fsp3) is 0.667. The van der Waals surface area contributed by atoms with Gasteiger partial charge in [-0.15, -0.1) is 0 Å². The summed E-state index contributed by atoms with van der Waals surface area (Å²) in [7, 11) is 2.16. The fourth-order valence-electron chi connectivity index (χ4n) is 2.71. The zero-order valence-corrected chi connectivity index (χ0v) is 12.7. The van der Waals surface area contributed by atoms with Crippen molar-refractivity contribution in [2.75, 3.05) is 18.5 Å². The van der Waals surface area contributed by atoms with Crippen LogP contribution in [0.2, 0.25) is 5.02 Å². The molecule has 0 amide bonds. The number of nitrogens with one attached hydrogen (secondary N) is 1. The maximum Gasteiger partial charge on any atom is 0.128 e. The van der Waals surface area contributed by atoms with Crippen molar-refractivity contribution in [2.45, 2.75) is 51.6 Å². The van der Waals surface area contributed by atoms with Gasteiger partial charge in [-0.1, -0.05) is 37.8 Å². The number of nitrogens with zero attached hydrogens (tertiary/aromatic N) is 2. The Kier molecular flexibility index (Phi) is 5.46. The predicted molar refractivity (Wildman–Crippen MR) is 81.9 cm³/mol. The van der Waals surface area contributed by atoms with E-state index in [1.54, 1.807) is 6.20 Å². The topological polar surface area (TPSA) is 28.2 Å². The van der Waals surface area contributed by atoms with Crippen LogP contribution in [0.25, 0.3) is 0 Å². The monoisotopic (exact) mass is 281 g/mol. The second kappa shape index (κ2) is 7.11. The molecule has 1 aliphatic carbocycles. The molecule has 0 radical (unpaired) electrons. The van der Waals surface area contributed by atoms with Crippen LogP contribution in [-0.4, -0.2) is 24.6 Å². The number of hydrogen-bond acceptors (Lipinski definition) is 3. The second-order valence-corrected chi connectivity index (χ2v) is 5.72. The Morgan fingerprint density at radius 2 is 2.11 bits per heavy atom. The minimum absolute atomic E-state index is 0.634. The number of rotatable bonds is 5. The summed E-state index contributed by atoms with van der Waals surface area (Å²) < 4.78 is 0. The molecule has 0 bridgehead atoms. The highest BCUT2D eigenvalue weighted by atomic mass is 35.5. The molecule has 1 heterocycles. The van der Waals surface area contributed by atoms with E-state index in [2.05, 4.69) is 35.2 Å². The molecule has 0 spiro atoms. The minimum Gasteiger partial charge on any atom is -0.357 e. The van der Waals surface area contributed by atoms with Crippen LogP contribution in [0.5, 0.6) is 0 Å². The van der Waals surface area contributed by atoms with Crippen molar-refractivity contribution < 1.29 is 0 Å². The molecule has 0 saturated heterocycles. The van der Waals surface area contributed by atoms with Gasteiger partial charge in [0, 0.05) is 25.8 Å². The molecule has 1 fully saturated rings. The SMILES string of the molecule is CCNCc1cc(N(C)C2CCCCC2)ncc1Cl. The normalized spacial score (nSPS) is 16.6. The van der Waals surface area contributed by atoms with E-state index in [0.717, 1.165) is 29.5 Å². The Morgan fingerprint density at radius 1 is 1.37 bits per heavy atom. The van der Waals surface area contributed by atoms with E-state index < -0.39 is 0 Å². The third-order valence-electron chi connectivity index (χ3n) is 3.97. The zero-order chi connectivity index (χ0) is 13.7. The van der Waals surface area contributed by atoms with Crippen LogP contribution in [0.1, 0.15) is 44.6 Å². The van der Waals surface area contributed by atoms with Crippen LogP contribution in [0, 0.1) is 0 Å². The lowest BCUT2D eigenvalue weighted by atomic mass is 9.94. The summed E-state index contributed by atoms with van der Waals surface area (Å²) in [5.41, 5.74) is 1.14. The fourth-order valence-corrected chi connectivity index (χ4v) is 2.88. The lowest BCUT2D eigenvalue weighted by Crippen LogP contribution is -2.34. The van der Waals surface area contributed by atoms with Gasteiger partial charge in [0.2, 0.25) is 0 Å². The van der Waals surface area contributed by atoms with Crippen molar-refractivity contribution in [1.29, 1.82) is 0 Å². The Labute approximate surface area is 121 Å². The Balaban J connectivity index is 2.10. The Morgan fingerprint density at radius 3 is 2.79 bits per heavy atom. The van der Waals surface area contributed by atoms with Crippen molar-refractivity contribution in [3.63, 3.8) is 0 Å². The maximum atomic E-state index is 6.20. The lowest BCUT2D eigenvalue weighted by Gasteiger charge is -2.32. The van der Waals surface area contributed by atoms with Crippen molar-refractivity contribution in [2.24, 2.45) is 0 Å². The van der Waals surface area contributed by atoms with E-state index in [1.165, 1.54) is 32.1 Å². The summed E-state index contributed by atoms with van der Waals surface area (Å²) in [5, 5.41) is 4.07. The molecule has 0 unspecified atom stereocenters. The maximum absolute atomic E-state index is 6.20. The summed E-state index contributed by atoms with van der Waals surface area (Å²) >= 11 is 6.20. The highest BCUT2D eigenvalue weighted by Gasteiger charge is 2.19.